The lowest BCUT2D eigenvalue weighted by Gasteiger charge is -2.13. The summed E-state index contributed by atoms with van der Waals surface area (Å²) in [5.41, 5.74) is -4.36. The molecule has 0 amide bonds. The first kappa shape index (κ1) is 15.3. The van der Waals surface area contributed by atoms with Crippen LogP contribution >= 0.6 is 11.6 Å². The van der Waals surface area contributed by atoms with Gasteiger partial charge in [-0.1, -0.05) is 11.6 Å². The lowest BCUT2D eigenvalue weighted by Crippen LogP contribution is -2.13. The molecule has 0 spiro atoms. The van der Waals surface area contributed by atoms with Crippen molar-refractivity contribution in [3.8, 4) is 0 Å². The smallest absolute Gasteiger partial charge is 0.371 e. The Kier molecular flexibility index (Phi) is 3.66. The van der Waals surface area contributed by atoms with E-state index in [1.807, 2.05) is 0 Å². The van der Waals surface area contributed by atoms with E-state index in [1.165, 1.54) is 0 Å². The highest BCUT2D eigenvalue weighted by molar-refractivity contribution is 6.34. The molecule has 7 nitrogen and oxygen atoms in total. The molecule has 1 aromatic carbocycles. The summed E-state index contributed by atoms with van der Waals surface area (Å²) in [4.78, 5) is 19.6. The van der Waals surface area contributed by atoms with Gasteiger partial charge in [-0.3, -0.25) is 20.2 Å². The summed E-state index contributed by atoms with van der Waals surface area (Å²) in [7, 11) is 0. The molecule has 1 fully saturated rings. The van der Waals surface area contributed by atoms with Gasteiger partial charge in [-0.15, -0.1) is 0 Å². The van der Waals surface area contributed by atoms with Crippen molar-refractivity contribution in [2.75, 3.05) is 5.32 Å². The number of hydrogen-bond acceptors (Lipinski definition) is 5. The van der Waals surface area contributed by atoms with Crippen molar-refractivity contribution >= 4 is 28.7 Å². The number of benzene rings is 1. The third kappa shape index (κ3) is 2.99. The number of hydrogen-bond donors (Lipinski definition) is 1. The fourth-order valence-corrected chi connectivity index (χ4v) is 2.05. The van der Waals surface area contributed by atoms with Gasteiger partial charge in [0.2, 0.25) is 0 Å². The molecular formula is C10H7ClF3N3O4. The summed E-state index contributed by atoms with van der Waals surface area (Å²) in [6.07, 6.45) is -3.80. The highest BCUT2D eigenvalue weighted by atomic mass is 35.5. The van der Waals surface area contributed by atoms with Crippen LogP contribution in [0.2, 0.25) is 5.02 Å². The predicted molar refractivity (Wildman–Crippen MR) is 66.4 cm³/mol. The van der Waals surface area contributed by atoms with Gasteiger partial charge in [-0.2, -0.15) is 13.2 Å². The molecule has 0 atom stereocenters. The highest BCUT2D eigenvalue weighted by Gasteiger charge is 2.42. The third-order valence-electron chi connectivity index (χ3n) is 2.83. The normalized spacial score (nSPS) is 14.9. The molecule has 1 aliphatic carbocycles. The Labute approximate surface area is 120 Å². The van der Waals surface area contributed by atoms with Crippen molar-refractivity contribution in [2.45, 2.75) is 25.1 Å². The first-order valence-corrected chi connectivity index (χ1v) is 5.99. The molecular weight excluding hydrogens is 319 g/mol. The van der Waals surface area contributed by atoms with E-state index in [4.69, 9.17) is 11.6 Å². The first-order chi connectivity index (χ1) is 9.62. The number of alkyl halides is 3. The molecule has 1 aromatic rings. The Morgan fingerprint density at radius 1 is 1.24 bits per heavy atom. The van der Waals surface area contributed by atoms with Crippen molar-refractivity contribution in [2.24, 2.45) is 0 Å². The van der Waals surface area contributed by atoms with E-state index in [0.717, 1.165) is 0 Å². The molecule has 0 aliphatic heterocycles. The van der Waals surface area contributed by atoms with Crippen LogP contribution in [0.5, 0.6) is 0 Å². The van der Waals surface area contributed by atoms with Crippen molar-refractivity contribution < 1.29 is 23.0 Å². The molecule has 1 saturated carbocycles. The van der Waals surface area contributed by atoms with Crippen LogP contribution in [0.1, 0.15) is 18.4 Å². The average molecular weight is 326 g/mol. The van der Waals surface area contributed by atoms with E-state index >= 15 is 0 Å². The SMILES string of the molecule is O=[N+]([O-])c1cc(C(F)(F)F)c(Cl)c([N+](=O)[O-])c1NC1CC1. The van der Waals surface area contributed by atoms with Gasteiger partial charge >= 0.3 is 11.9 Å². The minimum Gasteiger partial charge on any atom is -0.371 e. The highest BCUT2D eigenvalue weighted by Crippen LogP contribution is 2.48. The summed E-state index contributed by atoms with van der Waals surface area (Å²) < 4.78 is 38.4. The Bertz CT molecular complexity index is 631. The van der Waals surface area contributed by atoms with Crippen LogP contribution in [0, 0.1) is 20.2 Å². The van der Waals surface area contributed by atoms with Crippen molar-refractivity contribution in [3.05, 3.63) is 36.9 Å². The van der Waals surface area contributed by atoms with E-state index in [1.54, 1.807) is 0 Å². The van der Waals surface area contributed by atoms with E-state index in [-0.39, 0.29) is 12.1 Å². The van der Waals surface area contributed by atoms with Crippen LogP contribution < -0.4 is 5.32 Å². The lowest BCUT2D eigenvalue weighted by atomic mass is 10.1. The molecule has 0 saturated heterocycles. The second kappa shape index (κ2) is 5.02. The van der Waals surface area contributed by atoms with Gasteiger partial charge in [0.1, 0.15) is 5.02 Å². The van der Waals surface area contributed by atoms with E-state index in [0.29, 0.717) is 12.8 Å². The van der Waals surface area contributed by atoms with E-state index in [2.05, 4.69) is 5.32 Å². The number of nitro groups is 2. The summed E-state index contributed by atoms with van der Waals surface area (Å²) in [6.45, 7) is 0. The standard InChI is InChI=1S/C10H7ClF3N3O4/c11-7-5(10(12,13)14)3-6(16(18)19)8(9(7)17(20)21)15-4-1-2-4/h3-4,15H,1-2H2. The van der Waals surface area contributed by atoms with Gasteiger partial charge in [-0.25, -0.2) is 0 Å². The number of nitrogens with zero attached hydrogens (tertiary/aromatic N) is 2. The zero-order chi connectivity index (χ0) is 15.9. The molecule has 0 radical (unpaired) electrons. The largest absolute Gasteiger partial charge is 0.418 e. The summed E-state index contributed by atoms with van der Waals surface area (Å²) >= 11 is 5.45. The van der Waals surface area contributed by atoms with Gasteiger partial charge < -0.3 is 5.32 Å². The number of halogens is 4. The fourth-order valence-electron chi connectivity index (χ4n) is 1.73. The van der Waals surface area contributed by atoms with Crippen molar-refractivity contribution in [1.82, 2.24) is 0 Å². The minimum atomic E-state index is -5.04. The van der Waals surface area contributed by atoms with Crippen LogP contribution in [0.15, 0.2) is 6.07 Å². The summed E-state index contributed by atoms with van der Waals surface area (Å²) in [5.74, 6) is 0. The topological polar surface area (TPSA) is 98.3 Å². The Hall–Kier alpha value is -2.10. The van der Waals surface area contributed by atoms with Crippen LogP contribution in [0.25, 0.3) is 0 Å². The quantitative estimate of drug-likeness (QED) is 0.671. The Balaban J connectivity index is 2.75. The first-order valence-electron chi connectivity index (χ1n) is 5.62. The third-order valence-corrected chi connectivity index (χ3v) is 3.21. The number of anilines is 1. The maximum atomic E-state index is 12.8. The van der Waals surface area contributed by atoms with Crippen LogP contribution in [-0.4, -0.2) is 15.9 Å². The monoisotopic (exact) mass is 325 g/mol. The average Bonchev–Trinajstić information content (AvgIpc) is 3.10. The molecule has 0 bridgehead atoms. The van der Waals surface area contributed by atoms with Gasteiger partial charge in [0, 0.05) is 12.1 Å². The molecule has 114 valence electrons. The van der Waals surface area contributed by atoms with Crippen LogP contribution in [0.3, 0.4) is 0 Å². The molecule has 0 heterocycles. The van der Waals surface area contributed by atoms with Gasteiger partial charge in [0.15, 0.2) is 5.69 Å². The van der Waals surface area contributed by atoms with Gasteiger partial charge in [0.05, 0.1) is 15.4 Å². The lowest BCUT2D eigenvalue weighted by molar-refractivity contribution is -0.392. The molecule has 2 rings (SSSR count). The van der Waals surface area contributed by atoms with Gasteiger partial charge in [0.25, 0.3) is 5.69 Å². The van der Waals surface area contributed by atoms with Crippen molar-refractivity contribution in [1.29, 1.82) is 0 Å². The summed E-state index contributed by atoms with van der Waals surface area (Å²) in [6, 6.07) is -0.0322. The number of rotatable bonds is 4. The summed E-state index contributed by atoms with van der Waals surface area (Å²) in [5, 5.41) is 23.2. The Morgan fingerprint density at radius 3 is 2.19 bits per heavy atom. The fraction of sp³-hybridized carbons (Fsp3) is 0.400. The number of nitro benzene ring substituents is 2. The van der Waals surface area contributed by atoms with Crippen LogP contribution in [-0.2, 0) is 6.18 Å². The minimum absolute atomic E-state index is 0.208. The molecule has 0 aromatic heterocycles. The molecule has 11 heteroatoms. The van der Waals surface area contributed by atoms with E-state index in [9.17, 15) is 33.4 Å². The van der Waals surface area contributed by atoms with Crippen molar-refractivity contribution in [3.63, 3.8) is 0 Å². The van der Waals surface area contributed by atoms with E-state index < -0.39 is 43.7 Å². The Morgan fingerprint density at radius 2 is 1.81 bits per heavy atom. The zero-order valence-corrected chi connectivity index (χ0v) is 10.9. The zero-order valence-electron chi connectivity index (χ0n) is 10.1. The molecule has 21 heavy (non-hydrogen) atoms. The number of nitrogens with one attached hydrogen (secondary N) is 1. The maximum absolute atomic E-state index is 12.8. The van der Waals surface area contributed by atoms with Gasteiger partial charge in [-0.05, 0) is 12.8 Å². The van der Waals surface area contributed by atoms with Crippen LogP contribution in [0.4, 0.5) is 30.2 Å². The molecule has 0 unspecified atom stereocenters. The predicted octanol–water partition coefficient (Wildman–Crippen LogP) is 3.75. The second-order valence-corrected chi connectivity index (χ2v) is 4.79. The maximum Gasteiger partial charge on any atom is 0.418 e. The molecule has 1 N–H and O–H groups in total. The second-order valence-electron chi connectivity index (χ2n) is 4.41. The molecule has 1 aliphatic rings.